The maximum atomic E-state index is 10.9. The van der Waals surface area contributed by atoms with Crippen molar-refractivity contribution in [3.8, 4) is 11.5 Å². The molecule has 0 fully saturated rings. The van der Waals surface area contributed by atoms with E-state index in [1.54, 1.807) is 13.8 Å². The Hall–Kier alpha value is -1.75. The second kappa shape index (κ2) is 4.63. The molecular weight excluding hydrogens is 222 g/mol. The summed E-state index contributed by atoms with van der Waals surface area (Å²) in [6.07, 6.45) is 0.357. The molecule has 0 aliphatic heterocycles. The van der Waals surface area contributed by atoms with Gasteiger partial charge in [-0.2, -0.15) is 0 Å². The maximum absolute atomic E-state index is 10.9. The van der Waals surface area contributed by atoms with E-state index in [0.29, 0.717) is 12.0 Å². The molecule has 0 saturated carbocycles. The van der Waals surface area contributed by atoms with Crippen molar-refractivity contribution >= 4 is 5.97 Å². The molecule has 0 radical (unpaired) electrons. The van der Waals surface area contributed by atoms with Crippen molar-refractivity contribution in [1.82, 2.24) is 0 Å². The van der Waals surface area contributed by atoms with Crippen LogP contribution < -0.4 is 10.5 Å². The first-order valence-corrected chi connectivity index (χ1v) is 5.16. The molecule has 0 heterocycles. The summed E-state index contributed by atoms with van der Waals surface area (Å²) >= 11 is 0. The van der Waals surface area contributed by atoms with E-state index in [1.165, 1.54) is 19.2 Å². The second-order valence-electron chi connectivity index (χ2n) is 4.66. The molecule has 0 saturated heterocycles. The van der Waals surface area contributed by atoms with Crippen LogP contribution in [0.15, 0.2) is 12.1 Å². The molecule has 0 amide bonds. The van der Waals surface area contributed by atoms with E-state index < -0.39 is 11.5 Å². The fourth-order valence-corrected chi connectivity index (χ4v) is 1.57. The highest BCUT2D eigenvalue weighted by Crippen LogP contribution is 2.33. The summed E-state index contributed by atoms with van der Waals surface area (Å²) in [5, 5.41) is 18.8. The van der Waals surface area contributed by atoms with Crippen molar-refractivity contribution in [2.24, 2.45) is 5.73 Å². The Kier molecular flexibility index (Phi) is 3.63. The highest BCUT2D eigenvalue weighted by molar-refractivity contribution is 5.89. The molecule has 0 spiro atoms. The number of aromatic carboxylic acids is 1. The van der Waals surface area contributed by atoms with Crippen LogP contribution in [0.25, 0.3) is 0 Å². The minimum atomic E-state index is -1.07. The number of hydrogen-bond donors (Lipinski definition) is 3. The van der Waals surface area contributed by atoms with Gasteiger partial charge in [0.1, 0.15) is 0 Å². The Bertz CT molecular complexity index is 435. The molecule has 1 rings (SSSR count). The van der Waals surface area contributed by atoms with E-state index in [1.807, 2.05) is 0 Å². The van der Waals surface area contributed by atoms with E-state index in [9.17, 15) is 9.90 Å². The van der Waals surface area contributed by atoms with Crippen LogP contribution in [-0.2, 0) is 6.42 Å². The number of rotatable bonds is 4. The van der Waals surface area contributed by atoms with Gasteiger partial charge >= 0.3 is 5.97 Å². The van der Waals surface area contributed by atoms with Gasteiger partial charge in [-0.25, -0.2) is 4.79 Å². The number of hydrogen-bond acceptors (Lipinski definition) is 4. The number of methoxy groups -OCH3 is 1. The average molecular weight is 239 g/mol. The molecule has 94 valence electrons. The van der Waals surface area contributed by atoms with Gasteiger partial charge in [-0.1, -0.05) is 0 Å². The Morgan fingerprint density at radius 2 is 2.06 bits per heavy atom. The zero-order valence-electron chi connectivity index (χ0n) is 10.2. The number of carboxylic acid groups (broad SMARTS) is 1. The number of carbonyl (C=O) groups is 1. The summed E-state index contributed by atoms with van der Waals surface area (Å²) in [6.45, 7) is 3.60. The van der Waals surface area contributed by atoms with Crippen molar-refractivity contribution in [1.29, 1.82) is 0 Å². The van der Waals surface area contributed by atoms with E-state index >= 15 is 0 Å². The summed E-state index contributed by atoms with van der Waals surface area (Å²) in [4.78, 5) is 10.9. The highest BCUT2D eigenvalue weighted by Gasteiger charge is 2.19. The van der Waals surface area contributed by atoms with Gasteiger partial charge in [-0.05, 0) is 32.4 Å². The minimum absolute atomic E-state index is 0.0592. The molecule has 1 aromatic carbocycles. The Morgan fingerprint density at radius 3 is 2.47 bits per heavy atom. The van der Waals surface area contributed by atoms with Crippen molar-refractivity contribution in [2.75, 3.05) is 7.11 Å². The maximum Gasteiger partial charge on any atom is 0.335 e. The standard InChI is InChI=1S/C12H17NO4/c1-12(2,13)6-8-4-7(11(15)16)5-9(17-3)10(8)14/h4-5,14H,6,13H2,1-3H3,(H,15,16). The molecule has 5 heteroatoms. The number of phenols is 1. The molecule has 17 heavy (non-hydrogen) atoms. The first-order valence-electron chi connectivity index (χ1n) is 5.16. The molecule has 0 unspecified atom stereocenters. The minimum Gasteiger partial charge on any atom is -0.504 e. The van der Waals surface area contributed by atoms with Gasteiger partial charge in [-0.15, -0.1) is 0 Å². The molecule has 0 aromatic heterocycles. The Labute approximate surface area is 99.8 Å². The lowest BCUT2D eigenvalue weighted by Crippen LogP contribution is -2.34. The normalized spacial score (nSPS) is 11.3. The van der Waals surface area contributed by atoms with Gasteiger partial charge in [-0.3, -0.25) is 0 Å². The van der Waals surface area contributed by atoms with Gasteiger partial charge < -0.3 is 20.7 Å². The molecule has 0 aliphatic rings. The summed E-state index contributed by atoms with van der Waals surface area (Å²) in [6, 6.07) is 2.69. The number of carboxylic acids is 1. The number of nitrogens with two attached hydrogens (primary N) is 1. The van der Waals surface area contributed by atoms with Crippen molar-refractivity contribution < 1.29 is 19.7 Å². The molecular formula is C12H17NO4. The van der Waals surface area contributed by atoms with Crippen LogP contribution in [0.3, 0.4) is 0 Å². The predicted molar refractivity (Wildman–Crippen MR) is 63.6 cm³/mol. The lowest BCUT2D eigenvalue weighted by Gasteiger charge is -2.20. The van der Waals surface area contributed by atoms with Crippen LogP contribution >= 0.6 is 0 Å². The van der Waals surface area contributed by atoms with E-state index in [0.717, 1.165) is 0 Å². The molecule has 0 aliphatic carbocycles. The first-order chi connectivity index (χ1) is 7.74. The molecule has 0 atom stereocenters. The van der Waals surface area contributed by atoms with Gasteiger partial charge in [0.25, 0.3) is 0 Å². The molecule has 1 aromatic rings. The van der Waals surface area contributed by atoms with Gasteiger partial charge in [0, 0.05) is 11.1 Å². The van der Waals surface area contributed by atoms with Crippen LogP contribution in [0.5, 0.6) is 11.5 Å². The monoisotopic (exact) mass is 239 g/mol. The third-order valence-electron chi connectivity index (χ3n) is 2.27. The zero-order valence-corrected chi connectivity index (χ0v) is 10.2. The third kappa shape index (κ3) is 3.35. The third-order valence-corrected chi connectivity index (χ3v) is 2.27. The SMILES string of the molecule is COc1cc(C(=O)O)cc(CC(C)(C)N)c1O. The summed E-state index contributed by atoms with van der Waals surface area (Å²) in [5.74, 6) is -0.987. The van der Waals surface area contributed by atoms with E-state index in [-0.39, 0.29) is 17.1 Å². The van der Waals surface area contributed by atoms with Gasteiger partial charge in [0.05, 0.1) is 12.7 Å². The number of aromatic hydroxyl groups is 1. The Morgan fingerprint density at radius 1 is 1.47 bits per heavy atom. The second-order valence-corrected chi connectivity index (χ2v) is 4.66. The highest BCUT2D eigenvalue weighted by atomic mass is 16.5. The van der Waals surface area contributed by atoms with Crippen LogP contribution in [0.2, 0.25) is 0 Å². The summed E-state index contributed by atoms with van der Waals surface area (Å²) < 4.78 is 4.94. The van der Waals surface area contributed by atoms with Crippen LogP contribution in [-0.4, -0.2) is 28.8 Å². The molecule has 5 nitrogen and oxygen atoms in total. The molecule has 0 bridgehead atoms. The molecule has 4 N–H and O–H groups in total. The zero-order chi connectivity index (χ0) is 13.2. The lowest BCUT2D eigenvalue weighted by molar-refractivity contribution is 0.0696. The van der Waals surface area contributed by atoms with Crippen LogP contribution in [0.4, 0.5) is 0 Å². The van der Waals surface area contributed by atoms with Crippen LogP contribution in [0.1, 0.15) is 29.8 Å². The smallest absolute Gasteiger partial charge is 0.335 e. The largest absolute Gasteiger partial charge is 0.504 e. The van der Waals surface area contributed by atoms with Crippen molar-refractivity contribution in [3.63, 3.8) is 0 Å². The number of phenolic OH excluding ortho intramolecular Hbond substituents is 1. The van der Waals surface area contributed by atoms with Gasteiger partial charge in [0.2, 0.25) is 0 Å². The predicted octanol–water partition coefficient (Wildman–Crippen LogP) is 1.38. The number of ether oxygens (including phenoxy) is 1. The fourth-order valence-electron chi connectivity index (χ4n) is 1.57. The van der Waals surface area contributed by atoms with Crippen molar-refractivity contribution in [3.05, 3.63) is 23.3 Å². The van der Waals surface area contributed by atoms with Crippen LogP contribution in [0, 0.1) is 0 Å². The quantitative estimate of drug-likeness (QED) is 0.738. The van der Waals surface area contributed by atoms with Gasteiger partial charge in [0.15, 0.2) is 11.5 Å². The van der Waals surface area contributed by atoms with E-state index in [4.69, 9.17) is 15.6 Å². The fraction of sp³-hybridized carbons (Fsp3) is 0.417. The topological polar surface area (TPSA) is 92.8 Å². The summed E-state index contributed by atoms with van der Waals surface area (Å²) in [5.41, 5.74) is 5.85. The van der Waals surface area contributed by atoms with Crippen molar-refractivity contribution in [2.45, 2.75) is 25.8 Å². The first kappa shape index (κ1) is 13.3. The average Bonchev–Trinajstić information content (AvgIpc) is 2.18. The summed E-state index contributed by atoms with van der Waals surface area (Å²) in [7, 11) is 1.37. The lowest BCUT2D eigenvalue weighted by atomic mass is 9.94. The number of benzene rings is 1. The van der Waals surface area contributed by atoms with E-state index in [2.05, 4.69) is 0 Å². The Balaban J connectivity index is 3.28.